The van der Waals surface area contributed by atoms with Crippen LogP contribution < -0.4 is 0 Å². The van der Waals surface area contributed by atoms with E-state index in [1.54, 1.807) is 0 Å². The molecule has 0 atom stereocenters. The van der Waals surface area contributed by atoms with Crippen molar-refractivity contribution in [1.82, 2.24) is 0 Å². The van der Waals surface area contributed by atoms with Crippen molar-refractivity contribution in [2.45, 2.75) is 27.7 Å². The molecule has 0 spiro atoms. The van der Waals surface area contributed by atoms with E-state index in [0.717, 1.165) is 0 Å². The van der Waals surface area contributed by atoms with Crippen LogP contribution in [0.2, 0.25) is 0 Å². The molecular formula is C9H22O6Si. The van der Waals surface area contributed by atoms with E-state index in [0.29, 0.717) is 26.4 Å². The van der Waals surface area contributed by atoms with Crippen LogP contribution in [0.4, 0.5) is 0 Å². The van der Waals surface area contributed by atoms with Crippen molar-refractivity contribution in [3.05, 3.63) is 0 Å². The standard InChI is InChI=1S/C8H20O4Si.CH2O2/c1-5-9-13(10-6-2,11-7-3)12-8-4;2-1-3/h5-8H2,1-4H3;1H,(H,2,3). The minimum atomic E-state index is -2.80. The second-order valence-electron chi connectivity index (χ2n) is 2.34. The largest absolute Gasteiger partial charge is 0.679 e. The van der Waals surface area contributed by atoms with E-state index >= 15 is 0 Å². The summed E-state index contributed by atoms with van der Waals surface area (Å²) in [6.07, 6.45) is 0. The summed E-state index contributed by atoms with van der Waals surface area (Å²) in [5.74, 6) is 0. The minimum absolute atomic E-state index is 0.250. The number of carboxylic acid groups (broad SMARTS) is 1. The molecule has 0 amide bonds. The van der Waals surface area contributed by atoms with E-state index in [-0.39, 0.29) is 6.47 Å². The maximum absolute atomic E-state index is 8.36. The molecule has 0 saturated heterocycles. The van der Waals surface area contributed by atoms with Gasteiger partial charge in [0.15, 0.2) is 0 Å². The van der Waals surface area contributed by atoms with Crippen LogP contribution in [-0.4, -0.2) is 47.1 Å². The fourth-order valence-corrected chi connectivity index (χ4v) is 2.87. The molecule has 0 aromatic heterocycles. The molecule has 0 aliphatic heterocycles. The fraction of sp³-hybridized carbons (Fsp3) is 0.889. The summed E-state index contributed by atoms with van der Waals surface area (Å²) in [5, 5.41) is 6.89. The third-order valence-electron chi connectivity index (χ3n) is 1.28. The maximum atomic E-state index is 8.36. The Kier molecular flexibility index (Phi) is 14.1. The molecule has 0 aromatic carbocycles. The van der Waals surface area contributed by atoms with Gasteiger partial charge in [0.05, 0.1) is 0 Å². The molecule has 0 saturated carbocycles. The molecule has 7 heteroatoms. The highest BCUT2D eigenvalue weighted by molar-refractivity contribution is 6.53. The lowest BCUT2D eigenvalue weighted by molar-refractivity contribution is -0.122. The van der Waals surface area contributed by atoms with Crippen molar-refractivity contribution in [2.75, 3.05) is 26.4 Å². The number of carbonyl (C=O) groups is 1. The predicted molar refractivity (Wildman–Crippen MR) is 61.0 cm³/mol. The molecule has 0 rings (SSSR count). The first kappa shape index (κ1) is 17.9. The first-order valence-electron chi connectivity index (χ1n) is 5.29. The molecule has 16 heavy (non-hydrogen) atoms. The highest BCUT2D eigenvalue weighted by Crippen LogP contribution is 2.11. The molecule has 0 aliphatic rings. The van der Waals surface area contributed by atoms with Crippen LogP contribution in [-0.2, 0) is 22.5 Å². The van der Waals surface area contributed by atoms with Gasteiger partial charge in [-0.05, 0) is 27.7 Å². The van der Waals surface area contributed by atoms with Gasteiger partial charge >= 0.3 is 9.05 Å². The van der Waals surface area contributed by atoms with E-state index in [2.05, 4.69) is 0 Å². The molecule has 0 aromatic rings. The van der Waals surface area contributed by atoms with Gasteiger partial charge in [-0.3, -0.25) is 4.79 Å². The predicted octanol–water partition coefficient (Wildman–Crippen LogP) is 1.27. The van der Waals surface area contributed by atoms with E-state index < -0.39 is 9.05 Å². The Bertz CT molecular complexity index is 125. The van der Waals surface area contributed by atoms with Gasteiger partial charge in [-0.15, -0.1) is 0 Å². The average molecular weight is 254 g/mol. The smallest absolute Gasteiger partial charge is 0.483 e. The van der Waals surface area contributed by atoms with Gasteiger partial charge in [0.2, 0.25) is 0 Å². The third kappa shape index (κ3) is 8.80. The van der Waals surface area contributed by atoms with Gasteiger partial charge in [-0.1, -0.05) is 0 Å². The number of hydrogen-bond donors (Lipinski definition) is 1. The molecule has 0 bridgehead atoms. The van der Waals surface area contributed by atoms with Crippen LogP contribution in [0.5, 0.6) is 0 Å². The van der Waals surface area contributed by atoms with E-state index in [9.17, 15) is 0 Å². The zero-order valence-corrected chi connectivity index (χ0v) is 11.4. The molecule has 0 fully saturated rings. The summed E-state index contributed by atoms with van der Waals surface area (Å²) in [6, 6.07) is 0. The van der Waals surface area contributed by atoms with Crippen molar-refractivity contribution in [3.63, 3.8) is 0 Å². The van der Waals surface area contributed by atoms with Crippen molar-refractivity contribution < 1.29 is 27.6 Å². The van der Waals surface area contributed by atoms with Gasteiger partial charge in [0.25, 0.3) is 6.47 Å². The number of hydrogen-bond acceptors (Lipinski definition) is 5. The maximum Gasteiger partial charge on any atom is 0.679 e. The van der Waals surface area contributed by atoms with Crippen molar-refractivity contribution in [1.29, 1.82) is 0 Å². The van der Waals surface area contributed by atoms with Crippen LogP contribution in [0.15, 0.2) is 0 Å². The Labute approximate surface area is 97.9 Å². The van der Waals surface area contributed by atoms with Gasteiger partial charge in [-0.2, -0.15) is 0 Å². The Morgan fingerprint density at radius 2 is 1.06 bits per heavy atom. The lowest BCUT2D eigenvalue weighted by atomic mass is 10.9. The van der Waals surface area contributed by atoms with Crippen LogP contribution in [0.1, 0.15) is 27.7 Å². The monoisotopic (exact) mass is 254 g/mol. The van der Waals surface area contributed by atoms with E-state index in [4.69, 9.17) is 27.6 Å². The Hall–Kier alpha value is -0.473. The molecule has 0 aliphatic carbocycles. The van der Waals surface area contributed by atoms with Crippen LogP contribution in [0.25, 0.3) is 0 Å². The lowest BCUT2D eigenvalue weighted by Crippen LogP contribution is -2.49. The van der Waals surface area contributed by atoms with Crippen LogP contribution >= 0.6 is 0 Å². The summed E-state index contributed by atoms with van der Waals surface area (Å²) in [5.41, 5.74) is 0. The summed E-state index contributed by atoms with van der Waals surface area (Å²) in [6.45, 7) is 9.55. The Morgan fingerprint density at radius 1 is 0.875 bits per heavy atom. The Morgan fingerprint density at radius 3 is 1.19 bits per heavy atom. The summed E-state index contributed by atoms with van der Waals surface area (Å²) >= 11 is 0. The van der Waals surface area contributed by atoms with Gasteiger partial charge in [0.1, 0.15) is 0 Å². The summed E-state index contributed by atoms with van der Waals surface area (Å²) < 4.78 is 21.7. The van der Waals surface area contributed by atoms with Gasteiger partial charge in [0, 0.05) is 26.4 Å². The highest BCUT2D eigenvalue weighted by atomic mass is 28.4. The van der Waals surface area contributed by atoms with Crippen molar-refractivity contribution in [3.8, 4) is 0 Å². The zero-order valence-electron chi connectivity index (χ0n) is 10.4. The molecule has 6 nitrogen and oxygen atoms in total. The molecule has 0 unspecified atom stereocenters. The van der Waals surface area contributed by atoms with Gasteiger partial charge in [-0.25, -0.2) is 0 Å². The minimum Gasteiger partial charge on any atom is -0.483 e. The van der Waals surface area contributed by atoms with Crippen LogP contribution in [0.3, 0.4) is 0 Å². The van der Waals surface area contributed by atoms with Crippen molar-refractivity contribution >= 4 is 15.5 Å². The zero-order chi connectivity index (χ0) is 12.9. The topological polar surface area (TPSA) is 74.2 Å². The average Bonchev–Trinajstić information content (AvgIpc) is 2.20. The SMILES string of the molecule is CCO[Si](OCC)(OCC)OCC.O=CO. The molecule has 0 radical (unpaired) electrons. The Balaban J connectivity index is 0. The lowest BCUT2D eigenvalue weighted by Gasteiger charge is -2.26. The summed E-state index contributed by atoms with van der Waals surface area (Å²) in [7, 11) is -2.80. The second-order valence-corrected chi connectivity index (χ2v) is 4.49. The normalized spacial score (nSPS) is 10.5. The third-order valence-corrected chi connectivity index (χ3v) is 3.85. The first-order valence-corrected chi connectivity index (χ1v) is 6.93. The fourth-order valence-electron chi connectivity index (χ4n) is 0.957. The molecule has 98 valence electrons. The highest BCUT2D eigenvalue weighted by Gasteiger charge is 2.44. The van der Waals surface area contributed by atoms with E-state index in [1.807, 2.05) is 27.7 Å². The molecule has 1 N–H and O–H groups in total. The quantitative estimate of drug-likeness (QED) is 0.519. The second kappa shape index (κ2) is 12.6. The summed E-state index contributed by atoms with van der Waals surface area (Å²) in [4.78, 5) is 8.36. The molecule has 0 heterocycles. The van der Waals surface area contributed by atoms with Crippen LogP contribution in [0, 0.1) is 0 Å². The molecular weight excluding hydrogens is 232 g/mol. The number of rotatable bonds is 8. The van der Waals surface area contributed by atoms with Crippen molar-refractivity contribution in [2.24, 2.45) is 0 Å². The first-order chi connectivity index (χ1) is 7.66. The van der Waals surface area contributed by atoms with Gasteiger partial charge < -0.3 is 22.8 Å². The van der Waals surface area contributed by atoms with E-state index in [1.165, 1.54) is 0 Å².